The fourth-order valence-electron chi connectivity index (χ4n) is 2.90. The van der Waals surface area contributed by atoms with E-state index in [1.165, 1.54) is 30.4 Å². The number of rotatable bonds is 3. The first-order chi connectivity index (χ1) is 7.83. The highest BCUT2D eigenvalue weighted by Crippen LogP contribution is 2.34. The predicted molar refractivity (Wildman–Crippen MR) is 64.3 cm³/mol. The lowest BCUT2D eigenvalue weighted by molar-refractivity contribution is 0.0973. The summed E-state index contributed by atoms with van der Waals surface area (Å²) in [5.74, 6) is 0. The summed E-state index contributed by atoms with van der Waals surface area (Å²) in [7, 11) is 0. The minimum absolute atomic E-state index is 0.481. The molecule has 16 heavy (non-hydrogen) atoms. The Morgan fingerprint density at radius 1 is 1.31 bits per heavy atom. The van der Waals surface area contributed by atoms with Crippen molar-refractivity contribution >= 4 is 0 Å². The molecule has 1 aromatic carbocycles. The summed E-state index contributed by atoms with van der Waals surface area (Å²) in [6.07, 6.45) is 4.74. The normalized spacial score (nSPS) is 32.2. The van der Waals surface area contributed by atoms with Crippen LogP contribution in [-0.2, 0) is 11.3 Å². The number of nitrogens with one attached hydrogen (secondary N) is 1. The zero-order valence-electron chi connectivity index (χ0n) is 9.78. The molecule has 2 saturated heterocycles. The van der Waals surface area contributed by atoms with Gasteiger partial charge >= 0.3 is 0 Å². The molecular weight excluding hydrogens is 198 g/mol. The van der Waals surface area contributed by atoms with Crippen molar-refractivity contribution in [2.24, 2.45) is 0 Å². The van der Waals surface area contributed by atoms with E-state index in [-0.39, 0.29) is 0 Å². The molecule has 86 valence electrons. The van der Waals surface area contributed by atoms with Crippen molar-refractivity contribution in [2.45, 2.75) is 51.0 Å². The molecule has 0 aromatic heterocycles. The van der Waals surface area contributed by atoms with E-state index in [0.29, 0.717) is 18.2 Å². The molecule has 1 aromatic rings. The van der Waals surface area contributed by atoms with Crippen LogP contribution in [0.15, 0.2) is 24.3 Å². The van der Waals surface area contributed by atoms with Crippen LogP contribution in [0.2, 0.25) is 0 Å². The fourth-order valence-corrected chi connectivity index (χ4v) is 2.90. The average molecular weight is 217 g/mol. The maximum absolute atomic E-state index is 5.84. The van der Waals surface area contributed by atoms with E-state index >= 15 is 0 Å². The number of benzene rings is 1. The molecule has 0 amide bonds. The monoisotopic (exact) mass is 217 g/mol. The third-order valence-electron chi connectivity index (χ3n) is 3.92. The van der Waals surface area contributed by atoms with Crippen LogP contribution < -0.4 is 5.32 Å². The first-order valence-corrected chi connectivity index (χ1v) is 6.26. The van der Waals surface area contributed by atoms with E-state index < -0.39 is 0 Å². The number of aryl methyl sites for hydroxylation is 1. The number of hydrogen-bond acceptors (Lipinski definition) is 2. The predicted octanol–water partition coefficient (Wildman–Crippen LogP) is 2.40. The summed E-state index contributed by atoms with van der Waals surface area (Å²) in [4.78, 5) is 0. The third kappa shape index (κ3) is 1.87. The lowest BCUT2D eigenvalue weighted by Gasteiger charge is -2.20. The average Bonchev–Trinajstić information content (AvgIpc) is 2.90. The molecule has 1 N–H and O–H groups in total. The zero-order valence-corrected chi connectivity index (χ0v) is 9.78. The van der Waals surface area contributed by atoms with E-state index in [1.54, 1.807) is 0 Å². The van der Waals surface area contributed by atoms with Crippen LogP contribution in [-0.4, -0.2) is 18.2 Å². The van der Waals surface area contributed by atoms with Gasteiger partial charge in [0.25, 0.3) is 0 Å². The molecule has 2 aliphatic heterocycles. The molecule has 0 saturated carbocycles. The summed E-state index contributed by atoms with van der Waals surface area (Å²) in [6.45, 7) is 3.15. The Morgan fingerprint density at radius 2 is 2.19 bits per heavy atom. The van der Waals surface area contributed by atoms with Gasteiger partial charge in [0.15, 0.2) is 0 Å². The molecular formula is C14H19NO. The summed E-state index contributed by atoms with van der Waals surface area (Å²) in [6, 6.07) is 9.17. The van der Waals surface area contributed by atoms with Crippen molar-refractivity contribution in [3.8, 4) is 0 Å². The Bertz CT molecular complexity index is 377. The van der Waals surface area contributed by atoms with Crippen molar-refractivity contribution in [1.29, 1.82) is 0 Å². The maximum atomic E-state index is 5.84. The van der Waals surface area contributed by atoms with Gasteiger partial charge in [0, 0.05) is 12.6 Å². The highest BCUT2D eigenvalue weighted by atomic mass is 16.5. The molecule has 0 radical (unpaired) electrons. The van der Waals surface area contributed by atoms with Crippen LogP contribution in [0.25, 0.3) is 0 Å². The van der Waals surface area contributed by atoms with Crippen LogP contribution in [0, 0.1) is 6.92 Å². The first-order valence-electron chi connectivity index (χ1n) is 6.26. The van der Waals surface area contributed by atoms with E-state index in [4.69, 9.17) is 4.74 Å². The minimum Gasteiger partial charge on any atom is -0.373 e. The van der Waals surface area contributed by atoms with Gasteiger partial charge in [0.05, 0.1) is 12.2 Å². The van der Waals surface area contributed by atoms with E-state index in [9.17, 15) is 0 Å². The van der Waals surface area contributed by atoms with Gasteiger partial charge in [0.1, 0.15) is 0 Å². The van der Waals surface area contributed by atoms with Crippen LogP contribution in [0.5, 0.6) is 0 Å². The molecule has 3 rings (SSSR count). The largest absolute Gasteiger partial charge is 0.373 e. The van der Waals surface area contributed by atoms with Gasteiger partial charge in [-0.05, 0) is 37.3 Å². The minimum atomic E-state index is 0.481. The second-order valence-electron chi connectivity index (χ2n) is 5.02. The molecule has 2 aliphatic rings. The molecule has 2 fully saturated rings. The molecule has 0 aliphatic carbocycles. The second-order valence-corrected chi connectivity index (χ2v) is 5.02. The van der Waals surface area contributed by atoms with Crippen molar-refractivity contribution in [3.63, 3.8) is 0 Å². The molecule has 2 bridgehead atoms. The van der Waals surface area contributed by atoms with Crippen LogP contribution >= 0.6 is 0 Å². The van der Waals surface area contributed by atoms with Gasteiger partial charge in [0.2, 0.25) is 0 Å². The molecule has 0 spiro atoms. The molecule has 3 unspecified atom stereocenters. The van der Waals surface area contributed by atoms with Crippen LogP contribution in [0.1, 0.15) is 30.4 Å². The topological polar surface area (TPSA) is 21.3 Å². The standard InChI is InChI=1S/C14H19NO/c1-10-4-2-3-5-11(10)9-15-13-8-12-6-7-14(13)16-12/h2-5,12-15H,6-9H2,1H3. The van der Waals surface area contributed by atoms with Crippen molar-refractivity contribution in [2.75, 3.05) is 0 Å². The zero-order chi connectivity index (χ0) is 11.0. The van der Waals surface area contributed by atoms with Gasteiger partial charge in [-0.2, -0.15) is 0 Å². The van der Waals surface area contributed by atoms with Gasteiger partial charge in [-0.25, -0.2) is 0 Å². The van der Waals surface area contributed by atoms with Gasteiger partial charge < -0.3 is 10.1 Å². The van der Waals surface area contributed by atoms with Gasteiger partial charge in [-0.3, -0.25) is 0 Å². The van der Waals surface area contributed by atoms with Crippen molar-refractivity contribution < 1.29 is 4.74 Å². The van der Waals surface area contributed by atoms with E-state index in [0.717, 1.165) is 6.54 Å². The summed E-state index contributed by atoms with van der Waals surface area (Å²) < 4.78 is 5.84. The summed E-state index contributed by atoms with van der Waals surface area (Å²) in [5, 5.41) is 3.65. The maximum Gasteiger partial charge on any atom is 0.0733 e. The fraction of sp³-hybridized carbons (Fsp3) is 0.571. The Labute approximate surface area is 97.0 Å². The number of hydrogen-bond donors (Lipinski definition) is 1. The summed E-state index contributed by atoms with van der Waals surface area (Å²) in [5.41, 5.74) is 2.78. The Balaban J connectivity index is 1.59. The quantitative estimate of drug-likeness (QED) is 0.839. The van der Waals surface area contributed by atoms with Gasteiger partial charge in [-0.1, -0.05) is 24.3 Å². The van der Waals surface area contributed by atoms with E-state index in [2.05, 4.69) is 36.5 Å². The van der Waals surface area contributed by atoms with E-state index in [1.807, 2.05) is 0 Å². The third-order valence-corrected chi connectivity index (χ3v) is 3.92. The Kier molecular flexibility index (Phi) is 2.70. The second kappa shape index (κ2) is 4.19. The molecule has 2 heteroatoms. The SMILES string of the molecule is Cc1ccccc1CNC1CC2CCC1O2. The molecule has 3 atom stereocenters. The lowest BCUT2D eigenvalue weighted by atomic mass is 9.95. The molecule has 2 heterocycles. The number of fused-ring (bicyclic) bond motifs is 2. The number of ether oxygens (including phenoxy) is 1. The smallest absolute Gasteiger partial charge is 0.0733 e. The van der Waals surface area contributed by atoms with Gasteiger partial charge in [-0.15, -0.1) is 0 Å². The Hall–Kier alpha value is -0.860. The van der Waals surface area contributed by atoms with Crippen molar-refractivity contribution in [1.82, 2.24) is 5.32 Å². The highest BCUT2D eigenvalue weighted by Gasteiger charge is 2.40. The lowest BCUT2D eigenvalue weighted by Crippen LogP contribution is -2.37. The first kappa shape index (κ1) is 10.3. The van der Waals surface area contributed by atoms with Crippen molar-refractivity contribution in [3.05, 3.63) is 35.4 Å². The highest BCUT2D eigenvalue weighted by molar-refractivity contribution is 5.25. The van der Waals surface area contributed by atoms with Crippen LogP contribution in [0.4, 0.5) is 0 Å². The Morgan fingerprint density at radius 3 is 2.88 bits per heavy atom. The molecule has 2 nitrogen and oxygen atoms in total. The van der Waals surface area contributed by atoms with Crippen LogP contribution in [0.3, 0.4) is 0 Å². The summed E-state index contributed by atoms with van der Waals surface area (Å²) >= 11 is 0.